The molecule has 0 spiro atoms. The Hall–Kier alpha value is -3.44. The van der Waals surface area contributed by atoms with Gasteiger partial charge in [-0.2, -0.15) is 0 Å². The Morgan fingerprint density at radius 3 is 2.63 bits per heavy atom. The Morgan fingerprint density at radius 2 is 1.91 bits per heavy atom. The van der Waals surface area contributed by atoms with E-state index in [4.69, 9.17) is 4.74 Å². The van der Waals surface area contributed by atoms with Crippen LogP contribution in [-0.4, -0.2) is 42.1 Å². The monoisotopic (exact) mass is 514 g/mol. The predicted octanol–water partition coefficient (Wildman–Crippen LogP) is 4.15. The molecule has 2 N–H and O–H groups in total. The van der Waals surface area contributed by atoms with Crippen molar-refractivity contribution in [3.8, 4) is 5.75 Å². The summed E-state index contributed by atoms with van der Waals surface area (Å²) in [6.07, 6.45) is 0.0839. The second-order valence-electron chi connectivity index (χ2n) is 7.78. The van der Waals surface area contributed by atoms with E-state index in [1.165, 1.54) is 52.3 Å². The van der Waals surface area contributed by atoms with Gasteiger partial charge in [0.05, 0.1) is 24.5 Å². The first kappa shape index (κ1) is 24.7. The molecule has 1 aliphatic heterocycles. The summed E-state index contributed by atoms with van der Waals surface area (Å²) < 4.78 is 18.2. The average molecular weight is 515 g/mol. The van der Waals surface area contributed by atoms with Crippen molar-refractivity contribution in [3.05, 3.63) is 65.4 Å². The van der Waals surface area contributed by atoms with Crippen molar-refractivity contribution in [2.45, 2.75) is 12.2 Å². The lowest BCUT2D eigenvalue weighted by Gasteiger charge is -2.16. The van der Waals surface area contributed by atoms with Crippen molar-refractivity contribution < 1.29 is 23.5 Å². The summed E-state index contributed by atoms with van der Waals surface area (Å²) in [5.41, 5.74) is 2.01. The van der Waals surface area contributed by atoms with E-state index >= 15 is 0 Å². The highest BCUT2D eigenvalue weighted by Gasteiger charge is 2.35. The summed E-state index contributed by atoms with van der Waals surface area (Å²) in [6.45, 7) is 0.230. The third-order valence-corrected chi connectivity index (χ3v) is 7.05. The van der Waals surface area contributed by atoms with E-state index < -0.39 is 5.92 Å². The van der Waals surface area contributed by atoms with E-state index in [2.05, 4.69) is 15.6 Å². The lowest BCUT2D eigenvalue weighted by atomic mass is 10.1. The number of nitrogens with zero attached hydrogens (tertiary/aromatic N) is 2. The van der Waals surface area contributed by atoms with Gasteiger partial charge in [0.2, 0.25) is 17.7 Å². The molecule has 0 aliphatic carbocycles. The molecule has 1 aromatic heterocycles. The summed E-state index contributed by atoms with van der Waals surface area (Å²) in [7, 11) is 1.58. The number of anilines is 3. The van der Waals surface area contributed by atoms with Crippen molar-refractivity contribution in [1.82, 2.24) is 4.98 Å². The third-order valence-electron chi connectivity index (χ3n) is 5.27. The number of ether oxygens (including phenoxy) is 1. The number of nitrogens with one attached hydrogen (secondary N) is 2. The molecule has 2 heterocycles. The van der Waals surface area contributed by atoms with Gasteiger partial charge in [-0.25, -0.2) is 9.37 Å². The van der Waals surface area contributed by atoms with Gasteiger partial charge in [0.25, 0.3) is 0 Å². The van der Waals surface area contributed by atoms with E-state index in [0.29, 0.717) is 28.0 Å². The summed E-state index contributed by atoms with van der Waals surface area (Å²) in [5.74, 6) is 0.00343. The Balaban J connectivity index is 1.22. The van der Waals surface area contributed by atoms with Gasteiger partial charge in [-0.3, -0.25) is 14.4 Å². The quantitative estimate of drug-likeness (QED) is 0.445. The summed E-state index contributed by atoms with van der Waals surface area (Å²) in [6, 6.07) is 12.7. The molecular formula is C24H23FN4O4S2. The largest absolute Gasteiger partial charge is 0.497 e. The SMILES string of the molecule is COc1ccc(NC(=O)CSCc2csc(NC(=O)C3CC(=O)N(c4ccc(F)cc4)C3)n2)cc1. The van der Waals surface area contributed by atoms with Crippen LogP contribution in [0.2, 0.25) is 0 Å². The van der Waals surface area contributed by atoms with E-state index in [9.17, 15) is 18.8 Å². The zero-order valence-corrected chi connectivity index (χ0v) is 20.5. The predicted molar refractivity (Wildman–Crippen MR) is 135 cm³/mol. The van der Waals surface area contributed by atoms with E-state index in [-0.39, 0.29) is 42.3 Å². The van der Waals surface area contributed by atoms with Crippen molar-refractivity contribution in [1.29, 1.82) is 0 Å². The van der Waals surface area contributed by atoms with Gasteiger partial charge < -0.3 is 20.3 Å². The fraction of sp³-hybridized carbons (Fsp3) is 0.250. The molecule has 2 aromatic carbocycles. The summed E-state index contributed by atoms with van der Waals surface area (Å²) in [4.78, 5) is 43.1. The molecule has 35 heavy (non-hydrogen) atoms. The van der Waals surface area contributed by atoms with Crippen molar-refractivity contribution >= 4 is 57.3 Å². The molecule has 182 valence electrons. The molecule has 4 rings (SSSR count). The van der Waals surface area contributed by atoms with E-state index in [1.807, 2.05) is 5.38 Å². The van der Waals surface area contributed by atoms with Crippen LogP contribution in [0.25, 0.3) is 0 Å². The fourth-order valence-corrected chi connectivity index (χ4v) is 5.05. The van der Waals surface area contributed by atoms with Gasteiger partial charge in [0.1, 0.15) is 11.6 Å². The van der Waals surface area contributed by atoms with Crippen molar-refractivity contribution in [2.75, 3.05) is 34.9 Å². The maximum Gasteiger partial charge on any atom is 0.234 e. The minimum atomic E-state index is -0.518. The highest BCUT2D eigenvalue weighted by atomic mass is 32.2. The lowest BCUT2D eigenvalue weighted by Crippen LogP contribution is -2.28. The van der Waals surface area contributed by atoms with Gasteiger partial charge in [0, 0.05) is 35.5 Å². The number of halogens is 1. The molecule has 3 aromatic rings. The van der Waals surface area contributed by atoms with Crippen LogP contribution in [0.15, 0.2) is 53.9 Å². The zero-order valence-electron chi connectivity index (χ0n) is 18.8. The van der Waals surface area contributed by atoms with Gasteiger partial charge in [-0.05, 0) is 48.5 Å². The van der Waals surface area contributed by atoms with Crippen LogP contribution in [0.4, 0.5) is 20.9 Å². The van der Waals surface area contributed by atoms with Crippen LogP contribution in [0.1, 0.15) is 12.1 Å². The molecule has 11 heteroatoms. The van der Waals surface area contributed by atoms with Crippen molar-refractivity contribution in [2.24, 2.45) is 5.92 Å². The Morgan fingerprint density at radius 1 is 1.17 bits per heavy atom. The Bertz CT molecular complexity index is 1200. The number of rotatable bonds is 9. The third kappa shape index (κ3) is 6.58. The molecule has 0 bridgehead atoms. The number of carbonyl (C=O) groups is 3. The molecule has 1 atom stereocenters. The standard InChI is InChI=1S/C24H23FN4O4S2/c1-33-20-8-4-17(5-9-20)26-21(30)14-34-12-18-13-35-24(27-18)28-23(32)15-10-22(31)29(11-15)19-6-2-16(25)3-7-19/h2-9,13,15H,10-12,14H2,1H3,(H,26,30)(H,27,28,32). The van der Waals surface area contributed by atoms with Gasteiger partial charge >= 0.3 is 0 Å². The number of thioether (sulfide) groups is 1. The van der Waals surface area contributed by atoms with Crippen LogP contribution < -0.4 is 20.3 Å². The minimum absolute atomic E-state index is 0.0839. The topological polar surface area (TPSA) is 101 Å². The second kappa shape index (κ2) is 11.3. The lowest BCUT2D eigenvalue weighted by molar-refractivity contribution is -0.122. The number of aromatic nitrogens is 1. The van der Waals surface area contributed by atoms with E-state index in [0.717, 1.165) is 5.69 Å². The first-order valence-electron chi connectivity index (χ1n) is 10.7. The molecule has 0 radical (unpaired) electrons. The molecule has 1 fully saturated rings. The number of methoxy groups -OCH3 is 1. The molecule has 1 unspecified atom stereocenters. The molecule has 3 amide bonds. The molecule has 0 saturated carbocycles. The Labute approximate surface area is 209 Å². The van der Waals surface area contributed by atoms with Crippen LogP contribution in [-0.2, 0) is 20.1 Å². The number of thiazole rings is 1. The van der Waals surface area contributed by atoms with Gasteiger partial charge in [-0.15, -0.1) is 23.1 Å². The maximum atomic E-state index is 13.2. The van der Waals surface area contributed by atoms with E-state index in [1.54, 1.807) is 31.4 Å². The first-order chi connectivity index (χ1) is 16.9. The highest BCUT2D eigenvalue weighted by molar-refractivity contribution is 7.99. The normalized spacial score (nSPS) is 15.2. The smallest absolute Gasteiger partial charge is 0.234 e. The van der Waals surface area contributed by atoms with Gasteiger partial charge in [-0.1, -0.05) is 0 Å². The number of benzene rings is 2. The number of carbonyl (C=O) groups excluding carboxylic acids is 3. The molecule has 1 aliphatic rings. The number of hydrogen-bond donors (Lipinski definition) is 2. The molecule has 8 nitrogen and oxygen atoms in total. The van der Waals surface area contributed by atoms with Crippen LogP contribution >= 0.6 is 23.1 Å². The Kier molecular flexibility index (Phi) is 7.98. The fourth-order valence-electron chi connectivity index (χ4n) is 3.51. The van der Waals surface area contributed by atoms with Crippen LogP contribution in [0, 0.1) is 11.7 Å². The maximum absolute atomic E-state index is 13.2. The highest BCUT2D eigenvalue weighted by Crippen LogP contribution is 2.27. The summed E-state index contributed by atoms with van der Waals surface area (Å²) >= 11 is 2.71. The van der Waals surface area contributed by atoms with Gasteiger partial charge in [0.15, 0.2) is 5.13 Å². The van der Waals surface area contributed by atoms with Crippen LogP contribution in [0.5, 0.6) is 5.75 Å². The van der Waals surface area contributed by atoms with Crippen molar-refractivity contribution in [3.63, 3.8) is 0 Å². The first-order valence-corrected chi connectivity index (χ1v) is 12.8. The number of hydrogen-bond acceptors (Lipinski definition) is 7. The zero-order chi connectivity index (χ0) is 24.8. The average Bonchev–Trinajstić information content (AvgIpc) is 3.46. The summed E-state index contributed by atoms with van der Waals surface area (Å²) in [5, 5.41) is 7.87. The molecule has 1 saturated heterocycles. The second-order valence-corrected chi connectivity index (χ2v) is 9.63. The molecular weight excluding hydrogens is 491 g/mol. The minimum Gasteiger partial charge on any atom is -0.497 e. The number of amides is 3. The van der Waals surface area contributed by atoms with Crippen LogP contribution in [0.3, 0.4) is 0 Å².